The van der Waals surface area contributed by atoms with Gasteiger partial charge in [-0.25, -0.2) is 4.68 Å². The van der Waals surface area contributed by atoms with Gasteiger partial charge in [0.2, 0.25) is 0 Å². The molecule has 1 heterocycles. The highest BCUT2D eigenvalue weighted by Crippen LogP contribution is 2.28. The minimum absolute atomic E-state index is 0.0316. The lowest BCUT2D eigenvalue weighted by molar-refractivity contribution is 0.465. The number of para-hydroxylation sites is 3. The minimum Gasteiger partial charge on any atom is -0.508 e. The maximum Gasteiger partial charge on any atom is 0.120 e. The van der Waals surface area contributed by atoms with Crippen LogP contribution in [0.2, 0.25) is 0 Å². The summed E-state index contributed by atoms with van der Waals surface area (Å²) in [5, 5.41) is 21.2. The Kier molecular flexibility index (Phi) is 3.55. The fourth-order valence-electron chi connectivity index (χ4n) is 2.30. The molecule has 5 nitrogen and oxygen atoms in total. The normalized spacial score (nSPS) is 12.0. The first kappa shape index (κ1) is 13.2. The molecule has 0 amide bonds. The van der Waals surface area contributed by atoms with Gasteiger partial charge in [-0.2, -0.15) is 0 Å². The van der Waals surface area contributed by atoms with Crippen molar-refractivity contribution in [2.75, 3.05) is 5.32 Å². The summed E-state index contributed by atoms with van der Waals surface area (Å²) < 4.78 is 1.71. The largest absolute Gasteiger partial charge is 0.508 e. The lowest BCUT2D eigenvalue weighted by atomic mass is 10.1. The zero-order chi connectivity index (χ0) is 14.7. The molecule has 5 heteroatoms. The molecule has 0 fully saturated rings. The second kappa shape index (κ2) is 5.66. The molecule has 0 radical (unpaired) electrons. The van der Waals surface area contributed by atoms with Gasteiger partial charge in [0.25, 0.3) is 0 Å². The molecule has 2 aromatic carbocycles. The molecule has 21 heavy (non-hydrogen) atoms. The molecule has 2 N–H and O–H groups in total. The Balaban J connectivity index is 1.91. The summed E-state index contributed by atoms with van der Waals surface area (Å²) in [6.45, 7) is 2.01. The van der Waals surface area contributed by atoms with Gasteiger partial charge in [0, 0.05) is 5.56 Å². The van der Waals surface area contributed by atoms with Gasteiger partial charge in [-0.3, -0.25) is 0 Å². The number of aromatic hydroxyl groups is 1. The number of nitrogens with zero attached hydrogens (tertiary/aromatic N) is 3. The van der Waals surface area contributed by atoms with Gasteiger partial charge in [0.15, 0.2) is 0 Å². The van der Waals surface area contributed by atoms with E-state index in [1.807, 2.05) is 49.4 Å². The molecule has 0 aliphatic carbocycles. The molecule has 0 saturated heterocycles. The van der Waals surface area contributed by atoms with Crippen LogP contribution in [-0.2, 0) is 0 Å². The van der Waals surface area contributed by atoms with E-state index in [1.165, 1.54) is 0 Å². The number of hydrogen-bond acceptors (Lipinski definition) is 4. The maximum atomic E-state index is 9.94. The first-order chi connectivity index (χ1) is 10.3. The molecule has 1 aromatic heterocycles. The van der Waals surface area contributed by atoms with Crippen LogP contribution in [0.5, 0.6) is 5.75 Å². The van der Waals surface area contributed by atoms with Crippen molar-refractivity contribution < 1.29 is 5.11 Å². The Morgan fingerprint density at radius 3 is 2.62 bits per heavy atom. The van der Waals surface area contributed by atoms with Crippen molar-refractivity contribution in [3.8, 4) is 11.4 Å². The van der Waals surface area contributed by atoms with Crippen LogP contribution in [-0.4, -0.2) is 20.1 Å². The fraction of sp³-hybridized carbons (Fsp3) is 0.125. The quantitative estimate of drug-likeness (QED) is 0.770. The zero-order valence-corrected chi connectivity index (χ0v) is 11.6. The number of phenols is 1. The van der Waals surface area contributed by atoms with Crippen LogP contribution in [0.1, 0.15) is 18.5 Å². The molecule has 1 unspecified atom stereocenters. The molecule has 0 aliphatic rings. The van der Waals surface area contributed by atoms with E-state index in [4.69, 9.17) is 0 Å². The summed E-state index contributed by atoms with van der Waals surface area (Å²) >= 11 is 0. The van der Waals surface area contributed by atoms with Crippen molar-refractivity contribution in [2.24, 2.45) is 0 Å². The van der Waals surface area contributed by atoms with Crippen LogP contribution in [0.3, 0.4) is 0 Å². The Labute approximate surface area is 122 Å². The molecule has 3 rings (SSSR count). The Morgan fingerprint density at radius 1 is 1.10 bits per heavy atom. The van der Waals surface area contributed by atoms with E-state index in [0.29, 0.717) is 0 Å². The Bertz CT molecular complexity index is 725. The first-order valence-corrected chi connectivity index (χ1v) is 6.76. The number of benzene rings is 2. The predicted molar refractivity (Wildman–Crippen MR) is 81.5 cm³/mol. The molecule has 3 aromatic rings. The Hall–Kier alpha value is -2.82. The standard InChI is InChI=1S/C16H16N4O/c1-12(13-6-2-5-9-16(13)21)18-14-7-3-4-8-15(14)20-11-10-17-19-20/h2-12,18,21H,1H3. The topological polar surface area (TPSA) is 63.0 Å². The third-order valence-corrected chi connectivity index (χ3v) is 3.35. The third-order valence-electron chi connectivity index (χ3n) is 3.35. The zero-order valence-electron chi connectivity index (χ0n) is 11.6. The monoisotopic (exact) mass is 280 g/mol. The van der Waals surface area contributed by atoms with Crippen molar-refractivity contribution in [1.29, 1.82) is 0 Å². The summed E-state index contributed by atoms with van der Waals surface area (Å²) in [4.78, 5) is 0. The summed E-state index contributed by atoms with van der Waals surface area (Å²) in [7, 11) is 0. The van der Waals surface area contributed by atoms with Gasteiger partial charge in [0.1, 0.15) is 5.75 Å². The van der Waals surface area contributed by atoms with Crippen LogP contribution in [0.4, 0.5) is 5.69 Å². The fourth-order valence-corrected chi connectivity index (χ4v) is 2.30. The number of anilines is 1. The van der Waals surface area contributed by atoms with Crippen molar-refractivity contribution in [3.05, 3.63) is 66.5 Å². The summed E-state index contributed by atoms with van der Waals surface area (Å²) in [6.07, 6.45) is 3.44. The van der Waals surface area contributed by atoms with Gasteiger partial charge < -0.3 is 10.4 Å². The second-order valence-electron chi connectivity index (χ2n) is 4.79. The number of nitrogens with one attached hydrogen (secondary N) is 1. The molecular formula is C16H16N4O. The van der Waals surface area contributed by atoms with Crippen molar-refractivity contribution in [2.45, 2.75) is 13.0 Å². The maximum absolute atomic E-state index is 9.94. The first-order valence-electron chi connectivity index (χ1n) is 6.76. The van der Waals surface area contributed by atoms with E-state index in [0.717, 1.165) is 16.9 Å². The van der Waals surface area contributed by atoms with E-state index < -0.39 is 0 Å². The molecular weight excluding hydrogens is 264 g/mol. The van der Waals surface area contributed by atoms with Gasteiger partial charge in [0.05, 0.1) is 29.8 Å². The van der Waals surface area contributed by atoms with Crippen LogP contribution < -0.4 is 5.32 Å². The number of hydrogen-bond donors (Lipinski definition) is 2. The average molecular weight is 280 g/mol. The molecule has 0 saturated carbocycles. The van der Waals surface area contributed by atoms with Gasteiger partial charge >= 0.3 is 0 Å². The second-order valence-corrected chi connectivity index (χ2v) is 4.79. The van der Waals surface area contributed by atoms with E-state index in [2.05, 4.69) is 15.6 Å². The Morgan fingerprint density at radius 2 is 1.86 bits per heavy atom. The number of phenolic OH excluding ortho intramolecular Hbond substituents is 1. The molecule has 1 atom stereocenters. The average Bonchev–Trinajstić information content (AvgIpc) is 3.02. The smallest absolute Gasteiger partial charge is 0.120 e. The highest BCUT2D eigenvalue weighted by molar-refractivity contribution is 5.61. The lowest BCUT2D eigenvalue weighted by Crippen LogP contribution is -2.09. The van der Waals surface area contributed by atoms with Gasteiger partial charge in [-0.15, -0.1) is 5.10 Å². The van der Waals surface area contributed by atoms with Crippen LogP contribution in [0.25, 0.3) is 5.69 Å². The molecule has 0 bridgehead atoms. The van der Waals surface area contributed by atoms with Crippen LogP contribution in [0.15, 0.2) is 60.9 Å². The summed E-state index contributed by atoms with van der Waals surface area (Å²) in [5.74, 6) is 0.288. The summed E-state index contributed by atoms with van der Waals surface area (Å²) in [6, 6.07) is 15.2. The van der Waals surface area contributed by atoms with Crippen LogP contribution in [0, 0.1) is 0 Å². The molecule has 0 aliphatic heterocycles. The highest BCUT2D eigenvalue weighted by atomic mass is 16.3. The third kappa shape index (κ3) is 2.72. The van der Waals surface area contributed by atoms with Crippen molar-refractivity contribution in [1.82, 2.24) is 15.0 Å². The molecule has 0 spiro atoms. The highest BCUT2D eigenvalue weighted by Gasteiger charge is 2.12. The van der Waals surface area contributed by atoms with E-state index in [9.17, 15) is 5.11 Å². The van der Waals surface area contributed by atoms with Gasteiger partial charge in [-0.1, -0.05) is 35.5 Å². The van der Waals surface area contributed by atoms with E-state index in [-0.39, 0.29) is 11.8 Å². The summed E-state index contributed by atoms with van der Waals surface area (Å²) in [5.41, 5.74) is 2.70. The minimum atomic E-state index is -0.0316. The van der Waals surface area contributed by atoms with Crippen molar-refractivity contribution in [3.63, 3.8) is 0 Å². The predicted octanol–water partition coefficient (Wildman–Crippen LogP) is 3.15. The van der Waals surface area contributed by atoms with E-state index >= 15 is 0 Å². The number of rotatable bonds is 4. The van der Waals surface area contributed by atoms with Gasteiger partial charge in [-0.05, 0) is 25.1 Å². The number of aromatic nitrogens is 3. The molecule has 106 valence electrons. The van der Waals surface area contributed by atoms with Crippen molar-refractivity contribution >= 4 is 5.69 Å². The lowest BCUT2D eigenvalue weighted by Gasteiger charge is -2.19. The van der Waals surface area contributed by atoms with E-state index in [1.54, 1.807) is 23.1 Å². The SMILES string of the molecule is CC(Nc1ccccc1-n1ccnn1)c1ccccc1O. The van der Waals surface area contributed by atoms with Crippen LogP contribution >= 0.6 is 0 Å².